The number of carbonyl (C=O) groups is 1. The van der Waals surface area contributed by atoms with Crippen LogP contribution in [0.25, 0.3) is 10.9 Å². The topological polar surface area (TPSA) is 82.3 Å². The van der Waals surface area contributed by atoms with Crippen LogP contribution >= 0.6 is 0 Å². The molecule has 0 radical (unpaired) electrons. The van der Waals surface area contributed by atoms with Crippen molar-refractivity contribution in [2.75, 3.05) is 18.4 Å². The second-order valence-electron chi connectivity index (χ2n) is 7.58. The summed E-state index contributed by atoms with van der Waals surface area (Å²) in [5, 5.41) is 3.88. The molecule has 2 aromatic carbocycles. The van der Waals surface area contributed by atoms with Gasteiger partial charge in [0.15, 0.2) is 0 Å². The second-order valence-corrected chi connectivity index (χ2v) is 9.52. The number of fused-ring (bicyclic) bond motifs is 1. The Labute approximate surface area is 171 Å². The van der Waals surface area contributed by atoms with E-state index in [0.717, 1.165) is 41.4 Å². The first-order valence-corrected chi connectivity index (χ1v) is 11.3. The van der Waals surface area contributed by atoms with Crippen LogP contribution < -0.4 is 5.32 Å². The van der Waals surface area contributed by atoms with Crippen molar-refractivity contribution in [2.24, 2.45) is 0 Å². The third-order valence-corrected chi connectivity index (χ3v) is 7.55. The highest BCUT2D eigenvalue weighted by Crippen LogP contribution is 2.24. The largest absolute Gasteiger partial charge is 0.358 e. The predicted octanol–water partition coefficient (Wildman–Crippen LogP) is 4.21. The van der Waals surface area contributed by atoms with Crippen LogP contribution in [0.15, 0.2) is 47.4 Å². The summed E-state index contributed by atoms with van der Waals surface area (Å²) in [4.78, 5) is 16.2. The van der Waals surface area contributed by atoms with E-state index in [9.17, 15) is 13.2 Å². The SMILES string of the molecule is Cc1[nH]c2ccc(C(=O)Nc3ccc(S(=O)(=O)N4CCCCC4)cc3)cc2c1C. The molecule has 0 saturated carbocycles. The van der Waals surface area contributed by atoms with E-state index < -0.39 is 10.0 Å². The molecule has 1 aliphatic heterocycles. The lowest BCUT2D eigenvalue weighted by Crippen LogP contribution is -2.35. The molecule has 7 heteroatoms. The first kappa shape index (κ1) is 19.7. The number of nitrogens with zero attached hydrogens (tertiary/aromatic N) is 1. The van der Waals surface area contributed by atoms with Gasteiger partial charge >= 0.3 is 0 Å². The van der Waals surface area contributed by atoms with Crippen LogP contribution in [0, 0.1) is 13.8 Å². The number of H-pyrrole nitrogens is 1. The van der Waals surface area contributed by atoms with Crippen LogP contribution in [0.3, 0.4) is 0 Å². The van der Waals surface area contributed by atoms with Crippen molar-refractivity contribution in [1.29, 1.82) is 0 Å². The molecule has 2 N–H and O–H groups in total. The van der Waals surface area contributed by atoms with E-state index in [1.807, 2.05) is 26.0 Å². The van der Waals surface area contributed by atoms with Crippen molar-refractivity contribution in [3.63, 3.8) is 0 Å². The molecule has 0 unspecified atom stereocenters. The Hall–Kier alpha value is -2.64. The predicted molar refractivity (Wildman–Crippen MR) is 115 cm³/mol. The second kappa shape index (κ2) is 7.65. The van der Waals surface area contributed by atoms with Crippen LogP contribution in [-0.4, -0.2) is 36.7 Å². The fraction of sp³-hybridized carbons (Fsp3) is 0.318. The van der Waals surface area contributed by atoms with Crippen molar-refractivity contribution in [3.05, 3.63) is 59.3 Å². The zero-order valence-corrected chi connectivity index (χ0v) is 17.5. The highest BCUT2D eigenvalue weighted by molar-refractivity contribution is 7.89. The molecule has 6 nitrogen and oxygen atoms in total. The summed E-state index contributed by atoms with van der Waals surface area (Å²) in [6, 6.07) is 11.9. The summed E-state index contributed by atoms with van der Waals surface area (Å²) in [6.07, 6.45) is 2.88. The number of carbonyl (C=O) groups excluding carboxylic acids is 1. The van der Waals surface area contributed by atoms with Crippen molar-refractivity contribution in [3.8, 4) is 0 Å². The molecule has 1 aromatic heterocycles. The Morgan fingerprint density at radius 3 is 2.38 bits per heavy atom. The Balaban J connectivity index is 1.51. The normalized spacial score (nSPS) is 15.5. The average molecular weight is 412 g/mol. The summed E-state index contributed by atoms with van der Waals surface area (Å²) >= 11 is 0. The maximum atomic E-state index is 12.7. The van der Waals surface area contributed by atoms with Gasteiger partial charge in [0.1, 0.15) is 0 Å². The summed E-state index contributed by atoms with van der Waals surface area (Å²) in [5.41, 5.74) is 4.34. The van der Waals surface area contributed by atoms with Gasteiger partial charge in [-0.3, -0.25) is 4.79 Å². The monoisotopic (exact) mass is 411 g/mol. The van der Waals surface area contributed by atoms with Crippen molar-refractivity contribution in [2.45, 2.75) is 38.0 Å². The fourth-order valence-electron chi connectivity index (χ4n) is 3.77. The molecule has 1 aliphatic rings. The Bertz CT molecular complexity index is 1160. The number of aromatic nitrogens is 1. The van der Waals surface area contributed by atoms with Gasteiger partial charge in [-0.2, -0.15) is 4.31 Å². The van der Waals surface area contributed by atoms with Crippen molar-refractivity contribution < 1.29 is 13.2 Å². The summed E-state index contributed by atoms with van der Waals surface area (Å²) in [6.45, 7) is 5.18. The van der Waals surface area contributed by atoms with Gasteiger partial charge in [0, 0.05) is 40.9 Å². The lowest BCUT2D eigenvalue weighted by Gasteiger charge is -2.25. The maximum absolute atomic E-state index is 12.7. The third-order valence-electron chi connectivity index (χ3n) is 5.64. The molecular formula is C22H25N3O3S. The first-order chi connectivity index (χ1) is 13.9. The van der Waals surface area contributed by atoms with E-state index in [4.69, 9.17) is 0 Å². The summed E-state index contributed by atoms with van der Waals surface area (Å²) < 4.78 is 27.0. The minimum Gasteiger partial charge on any atom is -0.358 e. The number of aryl methyl sites for hydroxylation is 2. The molecular weight excluding hydrogens is 386 g/mol. The lowest BCUT2D eigenvalue weighted by atomic mass is 10.1. The van der Waals surface area contributed by atoms with Gasteiger partial charge in [0.05, 0.1) is 4.90 Å². The number of hydrogen-bond donors (Lipinski definition) is 2. The number of piperidine rings is 1. The minimum atomic E-state index is -3.47. The zero-order valence-electron chi connectivity index (χ0n) is 16.7. The Morgan fingerprint density at radius 1 is 1.00 bits per heavy atom. The maximum Gasteiger partial charge on any atom is 0.255 e. The molecule has 1 amide bonds. The quantitative estimate of drug-likeness (QED) is 0.675. The number of anilines is 1. The van der Waals surface area contributed by atoms with Crippen molar-refractivity contribution in [1.82, 2.24) is 9.29 Å². The van der Waals surface area contributed by atoms with E-state index in [0.29, 0.717) is 24.3 Å². The van der Waals surface area contributed by atoms with Gasteiger partial charge in [-0.15, -0.1) is 0 Å². The number of amides is 1. The van der Waals surface area contributed by atoms with Crippen LogP contribution in [0.5, 0.6) is 0 Å². The van der Waals surface area contributed by atoms with E-state index >= 15 is 0 Å². The zero-order chi connectivity index (χ0) is 20.6. The Kier molecular flexibility index (Phi) is 5.19. The van der Waals surface area contributed by atoms with Crippen LogP contribution in [-0.2, 0) is 10.0 Å². The molecule has 1 fully saturated rings. The molecule has 1 saturated heterocycles. The molecule has 152 valence electrons. The van der Waals surface area contributed by atoms with E-state index in [-0.39, 0.29) is 10.8 Å². The van der Waals surface area contributed by atoms with Crippen molar-refractivity contribution >= 4 is 32.5 Å². The summed E-state index contributed by atoms with van der Waals surface area (Å²) in [7, 11) is -3.47. The van der Waals surface area contributed by atoms with Gasteiger partial charge in [-0.25, -0.2) is 8.42 Å². The highest BCUT2D eigenvalue weighted by atomic mass is 32.2. The number of sulfonamides is 1. The molecule has 0 spiro atoms. The smallest absolute Gasteiger partial charge is 0.255 e. The van der Waals surface area contributed by atoms with Crippen LogP contribution in [0.4, 0.5) is 5.69 Å². The van der Waals surface area contributed by atoms with Gasteiger partial charge in [0.25, 0.3) is 5.91 Å². The molecule has 3 aromatic rings. The minimum absolute atomic E-state index is 0.225. The lowest BCUT2D eigenvalue weighted by molar-refractivity contribution is 0.102. The van der Waals surface area contributed by atoms with Gasteiger partial charge in [0.2, 0.25) is 10.0 Å². The molecule has 0 atom stereocenters. The van der Waals surface area contributed by atoms with Gasteiger partial charge in [-0.1, -0.05) is 6.42 Å². The number of hydrogen-bond acceptors (Lipinski definition) is 3. The van der Waals surface area contributed by atoms with E-state index in [1.54, 1.807) is 34.6 Å². The standard InChI is InChI=1S/C22H25N3O3S/c1-15-16(2)23-21-11-6-17(14-20(15)21)22(26)24-18-7-9-19(10-8-18)29(27,28)25-12-4-3-5-13-25/h6-11,14,23H,3-5,12-13H2,1-2H3,(H,24,26). The van der Waals surface area contributed by atoms with Crippen LogP contribution in [0.1, 0.15) is 40.9 Å². The molecule has 0 aliphatic carbocycles. The fourth-order valence-corrected chi connectivity index (χ4v) is 5.29. The van der Waals surface area contributed by atoms with Gasteiger partial charge in [-0.05, 0) is 74.7 Å². The molecule has 2 heterocycles. The molecule has 4 rings (SSSR count). The number of nitrogens with one attached hydrogen (secondary N) is 2. The molecule has 0 bridgehead atoms. The van der Waals surface area contributed by atoms with Crippen LogP contribution in [0.2, 0.25) is 0 Å². The van der Waals surface area contributed by atoms with E-state index in [1.165, 1.54) is 0 Å². The summed E-state index contributed by atoms with van der Waals surface area (Å²) in [5.74, 6) is -0.225. The average Bonchev–Trinajstić information content (AvgIpc) is 3.02. The highest BCUT2D eigenvalue weighted by Gasteiger charge is 2.25. The first-order valence-electron chi connectivity index (χ1n) is 9.87. The van der Waals surface area contributed by atoms with E-state index in [2.05, 4.69) is 10.3 Å². The number of benzene rings is 2. The number of aromatic amines is 1. The Morgan fingerprint density at radius 2 is 1.69 bits per heavy atom. The number of rotatable bonds is 4. The van der Waals surface area contributed by atoms with Gasteiger partial charge < -0.3 is 10.3 Å². The third kappa shape index (κ3) is 3.80. The molecule has 29 heavy (non-hydrogen) atoms.